The van der Waals surface area contributed by atoms with Crippen LogP contribution in [0, 0.1) is 0 Å². The number of hydrogen-bond acceptors (Lipinski definition) is 4. The predicted octanol–water partition coefficient (Wildman–Crippen LogP) is 4.51. The minimum atomic E-state index is -4.45. The smallest absolute Gasteiger partial charge is 0.416 e. The molecule has 2 N–H and O–H groups in total. The largest absolute Gasteiger partial charge is 0.480 e. The molecule has 0 radical (unpaired) electrons. The molecule has 2 heterocycles. The van der Waals surface area contributed by atoms with Gasteiger partial charge in [0, 0.05) is 11.8 Å². The molecule has 0 saturated heterocycles. The molecule has 0 aliphatic rings. The van der Waals surface area contributed by atoms with E-state index in [-0.39, 0.29) is 6.42 Å². The number of carboxylic acid groups (broad SMARTS) is 1. The number of aromatic nitrogens is 3. The van der Waals surface area contributed by atoms with Crippen molar-refractivity contribution in [2.75, 3.05) is 6.54 Å². The predicted molar refractivity (Wildman–Crippen MR) is 126 cm³/mol. The zero-order valence-electron chi connectivity index (χ0n) is 19.3. The van der Waals surface area contributed by atoms with Crippen molar-refractivity contribution in [2.45, 2.75) is 31.4 Å². The summed E-state index contributed by atoms with van der Waals surface area (Å²) in [4.78, 5) is 29.1. The second kappa shape index (κ2) is 9.80. The van der Waals surface area contributed by atoms with Crippen LogP contribution in [0.3, 0.4) is 0 Å². The first-order chi connectivity index (χ1) is 17.2. The van der Waals surface area contributed by atoms with Gasteiger partial charge in [-0.3, -0.25) is 9.59 Å². The topological polar surface area (TPSA) is 96.6 Å². The number of alkyl halides is 3. The maximum absolute atomic E-state index is 13.5. The Hall–Kier alpha value is -4.21. The lowest BCUT2D eigenvalue weighted by Crippen LogP contribution is -2.48. The molecular formula is C26H23F3N4O3. The Balaban J connectivity index is 1.84. The van der Waals surface area contributed by atoms with Crippen LogP contribution in [-0.4, -0.2) is 38.1 Å². The van der Waals surface area contributed by atoms with Crippen LogP contribution in [0.4, 0.5) is 13.2 Å². The van der Waals surface area contributed by atoms with Gasteiger partial charge in [0.15, 0.2) is 5.65 Å². The molecule has 0 saturated carbocycles. The molecule has 1 amide bonds. The van der Waals surface area contributed by atoms with E-state index in [9.17, 15) is 22.8 Å². The van der Waals surface area contributed by atoms with Crippen molar-refractivity contribution >= 4 is 17.5 Å². The van der Waals surface area contributed by atoms with Gasteiger partial charge in [-0.1, -0.05) is 49.4 Å². The average Bonchev–Trinajstić information content (AvgIpc) is 3.30. The molecule has 7 nitrogen and oxygen atoms in total. The summed E-state index contributed by atoms with van der Waals surface area (Å²) in [6.45, 7) is 1.29. The summed E-state index contributed by atoms with van der Waals surface area (Å²) in [5, 5.41) is 16.1. The first-order valence-corrected chi connectivity index (χ1v) is 11.2. The molecule has 0 aliphatic heterocycles. The first kappa shape index (κ1) is 24.9. The van der Waals surface area contributed by atoms with E-state index in [2.05, 4.69) is 15.4 Å². The summed E-state index contributed by atoms with van der Waals surface area (Å²) < 4.78 is 40.5. The Morgan fingerprint density at radius 1 is 1.03 bits per heavy atom. The molecule has 36 heavy (non-hydrogen) atoms. The highest BCUT2D eigenvalue weighted by Crippen LogP contribution is 2.35. The van der Waals surface area contributed by atoms with Crippen molar-refractivity contribution in [2.24, 2.45) is 0 Å². The van der Waals surface area contributed by atoms with Gasteiger partial charge in [0.25, 0.3) is 0 Å². The summed E-state index contributed by atoms with van der Waals surface area (Å²) in [5.41, 5.74) is 0.749. The van der Waals surface area contributed by atoms with Crippen LogP contribution in [0.2, 0.25) is 0 Å². The fourth-order valence-corrected chi connectivity index (χ4v) is 4.32. The van der Waals surface area contributed by atoms with Crippen LogP contribution >= 0.6 is 0 Å². The van der Waals surface area contributed by atoms with E-state index < -0.39 is 35.6 Å². The molecular weight excluding hydrogens is 473 g/mol. The maximum atomic E-state index is 13.5. The molecule has 0 fully saturated rings. The quantitative estimate of drug-likeness (QED) is 0.374. The molecule has 2 aromatic carbocycles. The summed E-state index contributed by atoms with van der Waals surface area (Å²) in [6.07, 6.45) is -0.856. The number of amides is 1. The fourth-order valence-electron chi connectivity index (χ4n) is 4.32. The van der Waals surface area contributed by atoms with Gasteiger partial charge in [-0.2, -0.15) is 18.3 Å². The third-order valence-electron chi connectivity index (χ3n) is 6.20. The average molecular weight is 496 g/mol. The van der Waals surface area contributed by atoms with Crippen LogP contribution in [-0.2, 0) is 27.6 Å². The number of benzene rings is 2. The minimum absolute atomic E-state index is 0.268. The summed E-state index contributed by atoms with van der Waals surface area (Å²) >= 11 is 0. The van der Waals surface area contributed by atoms with E-state index in [1.807, 2.05) is 37.3 Å². The molecule has 0 spiro atoms. The van der Waals surface area contributed by atoms with Gasteiger partial charge in [-0.25, -0.2) is 9.50 Å². The Morgan fingerprint density at radius 2 is 1.72 bits per heavy atom. The minimum Gasteiger partial charge on any atom is -0.480 e. The number of halogens is 3. The monoisotopic (exact) mass is 496 g/mol. The van der Waals surface area contributed by atoms with Crippen molar-refractivity contribution < 1.29 is 27.9 Å². The highest BCUT2D eigenvalue weighted by molar-refractivity contribution is 5.91. The third kappa shape index (κ3) is 4.79. The van der Waals surface area contributed by atoms with Gasteiger partial charge < -0.3 is 10.4 Å². The van der Waals surface area contributed by atoms with Crippen LogP contribution in [0.5, 0.6) is 0 Å². The number of carbonyl (C=O) groups is 2. The second-order valence-electron chi connectivity index (χ2n) is 8.37. The van der Waals surface area contributed by atoms with Crippen molar-refractivity contribution in [1.29, 1.82) is 0 Å². The third-order valence-corrected chi connectivity index (χ3v) is 6.20. The molecule has 1 unspecified atom stereocenters. The number of nitrogens with zero attached hydrogens (tertiary/aromatic N) is 3. The number of fused-ring (bicyclic) bond motifs is 1. The molecule has 4 aromatic rings. The molecule has 2 aromatic heterocycles. The number of nitrogens with one attached hydrogen (secondary N) is 1. The Morgan fingerprint density at radius 3 is 2.33 bits per heavy atom. The lowest BCUT2D eigenvalue weighted by Gasteiger charge is -2.32. The number of carbonyl (C=O) groups excluding carboxylic acids is 1. The highest BCUT2D eigenvalue weighted by atomic mass is 19.4. The molecule has 186 valence electrons. The van der Waals surface area contributed by atoms with Crippen molar-refractivity contribution in [3.8, 4) is 11.1 Å². The van der Waals surface area contributed by atoms with E-state index in [1.54, 1.807) is 6.07 Å². The SMILES string of the molecule is CCC(Cc1ccccc1)(C(=O)NCC(=O)O)c1ccnc2c(-c3ccc(C(F)(F)F)cc3)cnn12. The lowest BCUT2D eigenvalue weighted by atomic mass is 9.75. The van der Waals surface area contributed by atoms with Crippen molar-refractivity contribution in [1.82, 2.24) is 19.9 Å². The zero-order valence-corrected chi connectivity index (χ0v) is 19.3. The molecule has 0 aliphatic carbocycles. The van der Waals surface area contributed by atoms with E-state index in [0.29, 0.717) is 28.9 Å². The molecule has 1 atom stereocenters. The van der Waals surface area contributed by atoms with Crippen LogP contribution < -0.4 is 5.32 Å². The van der Waals surface area contributed by atoms with Crippen molar-refractivity contribution in [3.05, 3.63) is 89.9 Å². The fraction of sp³-hybridized carbons (Fsp3) is 0.231. The van der Waals surface area contributed by atoms with E-state index in [4.69, 9.17) is 5.11 Å². The van der Waals surface area contributed by atoms with Gasteiger partial charge in [-0.05, 0) is 42.2 Å². The zero-order chi connectivity index (χ0) is 25.9. The number of rotatable bonds is 8. The van der Waals surface area contributed by atoms with Crippen molar-refractivity contribution in [3.63, 3.8) is 0 Å². The Kier molecular flexibility index (Phi) is 6.78. The summed E-state index contributed by atoms with van der Waals surface area (Å²) in [5.74, 6) is -1.65. The lowest BCUT2D eigenvalue weighted by molar-refractivity contribution is -0.139. The maximum Gasteiger partial charge on any atom is 0.416 e. The van der Waals surface area contributed by atoms with Gasteiger partial charge in [0.1, 0.15) is 6.54 Å². The number of carboxylic acids is 1. The Bertz CT molecular complexity index is 1390. The van der Waals surface area contributed by atoms with Gasteiger partial charge >= 0.3 is 12.1 Å². The number of aliphatic carboxylic acids is 1. The summed E-state index contributed by atoms with van der Waals surface area (Å²) in [7, 11) is 0. The standard InChI is InChI=1S/C26H23F3N4O3/c1-2-25(24(36)31-16-22(34)35,14-17-6-4-3-5-7-17)21-12-13-30-23-20(15-32-33(21)23)18-8-10-19(11-9-18)26(27,28)29/h3-13,15H,2,14,16H2,1H3,(H,31,36)(H,34,35). The summed E-state index contributed by atoms with van der Waals surface area (Å²) in [6, 6.07) is 15.7. The second-order valence-corrected chi connectivity index (χ2v) is 8.37. The Labute approximate surface area is 204 Å². The van der Waals surface area contributed by atoms with Gasteiger partial charge in [0.05, 0.1) is 22.9 Å². The normalized spacial score (nSPS) is 13.3. The molecule has 10 heteroatoms. The van der Waals surface area contributed by atoms with Gasteiger partial charge in [-0.15, -0.1) is 0 Å². The number of hydrogen-bond donors (Lipinski definition) is 2. The first-order valence-electron chi connectivity index (χ1n) is 11.2. The van der Waals surface area contributed by atoms with Crippen LogP contribution in [0.15, 0.2) is 73.1 Å². The molecule has 0 bridgehead atoms. The van der Waals surface area contributed by atoms with Crippen LogP contribution in [0.25, 0.3) is 16.8 Å². The van der Waals surface area contributed by atoms with E-state index in [1.165, 1.54) is 29.0 Å². The van der Waals surface area contributed by atoms with E-state index in [0.717, 1.165) is 17.7 Å². The molecule has 4 rings (SSSR count). The van der Waals surface area contributed by atoms with E-state index >= 15 is 0 Å². The highest BCUT2D eigenvalue weighted by Gasteiger charge is 2.41. The van der Waals surface area contributed by atoms with Crippen LogP contribution in [0.1, 0.15) is 30.2 Å². The van der Waals surface area contributed by atoms with Gasteiger partial charge in [0.2, 0.25) is 5.91 Å².